The molecule has 5 nitrogen and oxygen atoms in total. The first kappa shape index (κ1) is 16.7. The first-order valence-corrected chi connectivity index (χ1v) is 6.52. The molecule has 6 heteroatoms. The van der Waals surface area contributed by atoms with Crippen molar-refractivity contribution in [3.63, 3.8) is 0 Å². The zero-order valence-electron chi connectivity index (χ0n) is 11.9. The summed E-state index contributed by atoms with van der Waals surface area (Å²) in [5, 5.41) is 14.3. The van der Waals surface area contributed by atoms with Crippen molar-refractivity contribution in [2.75, 3.05) is 26.8 Å². The van der Waals surface area contributed by atoms with Gasteiger partial charge in [0.25, 0.3) is 5.91 Å². The molecule has 0 saturated heterocycles. The number of rotatable bonds is 8. The second-order valence-electron chi connectivity index (χ2n) is 4.25. The summed E-state index contributed by atoms with van der Waals surface area (Å²) in [5.41, 5.74) is 0.837. The Morgan fingerprint density at radius 3 is 2.95 bits per heavy atom. The number of nitrogens with one attached hydrogen (secondary N) is 2. The van der Waals surface area contributed by atoms with E-state index in [-0.39, 0.29) is 11.4 Å². The van der Waals surface area contributed by atoms with Crippen LogP contribution in [0.25, 0.3) is 0 Å². The van der Waals surface area contributed by atoms with Gasteiger partial charge in [0.1, 0.15) is 17.5 Å². The second-order valence-corrected chi connectivity index (χ2v) is 4.25. The quantitative estimate of drug-likeness (QED) is 0.428. The summed E-state index contributed by atoms with van der Waals surface area (Å²) in [6.07, 6.45) is 1.96. The molecule has 112 valence electrons. The highest BCUT2D eigenvalue weighted by atomic mass is 19.1. The van der Waals surface area contributed by atoms with Crippen LogP contribution in [-0.2, 0) is 16.0 Å². The molecule has 0 aromatic heterocycles. The standard InChI is InChI=1S/C15H18FN3O2/c1-21-8-7-19-15(20)13(10-17)11-18-6-5-12-3-2-4-14(16)9-12/h2-4,9,11,18H,5-8H2,1H3,(H,19,20)/b13-11-. The fourth-order valence-corrected chi connectivity index (χ4v) is 1.59. The van der Waals surface area contributed by atoms with Gasteiger partial charge in [0, 0.05) is 26.4 Å². The largest absolute Gasteiger partial charge is 0.389 e. The Balaban J connectivity index is 2.39. The van der Waals surface area contributed by atoms with Gasteiger partial charge in [-0.1, -0.05) is 12.1 Å². The van der Waals surface area contributed by atoms with Crippen LogP contribution < -0.4 is 10.6 Å². The van der Waals surface area contributed by atoms with Crippen molar-refractivity contribution < 1.29 is 13.9 Å². The number of hydrogen-bond donors (Lipinski definition) is 2. The molecule has 0 spiro atoms. The fourth-order valence-electron chi connectivity index (χ4n) is 1.59. The van der Waals surface area contributed by atoms with Crippen molar-refractivity contribution in [2.45, 2.75) is 6.42 Å². The number of methoxy groups -OCH3 is 1. The SMILES string of the molecule is COCCNC(=O)/C(C#N)=C\NCCc1cccc(F)c1. The molecule has 0 unspecified atom stereocenters. The molecule has 0 heterocycles. The molecule has 0 bridgehead atoms. The highest BCUT2D eigenvalue weighted by Crippen LogP contribution is 2.03. The number of halogens is 1. The van der Waals surface area contributed by atoms with Crippen LogP contribution in [0, 0.1) is 17.1 Å². The number of nitrogens with zero attached hydrogens (tertiary/aromatic N) is 1. The third-order valence-corrected chi connectivity index (χ3v) is 2.65. The molecule has 0 aliphatic rings. The average Bonchev–Trinajstić information content (AvgIpc) is 2.47. The highest BCUT2D eigenvalue weighted by molar-refractivity contribution is 5.97. The second kappa shape index (κ2) is 9.50. The van der Waals surface area contributed by atoms with Crippen LogP contribution in [0.3, 0.4) is 0 Å². The molecular weight excluding hydrogens is 273 g/mol. The van der Waals surface area contributed by atoms with Crippen LogP contribution in [-0.4, -0.2) is 32.7 Å². The molecule has 0 atom stereocenters. The lowest BCUT2D eigenvalue weighted by molar-refractivity contribution is -0.117. The topological polar surface area (TPSA) is 74.1 Å². The van der Waals surface area contributed by atoms with Gasteiger partial charge in [0.05, 0.1) is 6.61 Å². The van der Waals surface area contributed by atoms with Gasteiger partial charge in [0.15, 0.2) is 0 Å². The summed E-state index contributed by atoms with van der Waals surface area (Å²) in [7, 11) is 1.53. The predicted octanol–water partition coefficient (Wildman–Crippen LogP) is 1.13. The van der Waals surface area contributed by atoms with E-state index in [1.54, 1.807) is 6.07 Å². The molecule has 2 N–H and O–H groups in total. The van der Waals surface area contributed by atoms with E-state index in [1.165, 1.54) is 25.4 Å². The van der Waals surface area contributed by atoms with Crippen molar-refractivity contribution in [2.24, 2.45) is 0 Å². The molecule has 21 heavy (non-hydrogen) atoms. The molecule has 1 amide bonds. The number of benzene rings is 1. The van der Waals surface area contributed by atoms with Crippen molar-refractivity contribution >= 4 is 5.91 Å². The molecule has 0 aliphatic heterocycles. The molecule has 1 rings (SSSR count). The van der Waals surface area contributed by atoms with E-state index in [1.807, 2.05) is 12.1 Å². The summed E-state index contributed by atoms with van der Waals surface area (Å²) in [4.78, 5) is 11.6. The Morgan fingerprint density at radius 1 is 1.48 bits per heavy atom. The van der Waals surface area contributed by atoms with Crippen LogP contribution in [0.5, 0.6) is 0 Å². The van der Waals surface area contributed by atoms with E-state index < -0.39 is 5.91 Å². The van der Waals surface area contributed by atoms with Crippen LogP contribution in [0.15, 0.2) is 36.0 Å². The Labute approximate surface area is 123 Å². The van der Waals surface area contributed by atoms with Gasteiger partial charge >= 0.3 is 0 Å². The van der Waals surface area contributed by atoms with E-state index in [0.29, 0.717) is 26.1 Å². The molecular formula is C15H18FN3O2. The molecule has 0 saturated carbocycles. The fraction of sp³-hybridized carbons (Fsp3) is 0.333. The number of ether oxygens (including phenoxy) is 1. The maximum atomic E-state index is 13.0. The minimum atomic E-state index is -0.451. The number of hydrogen-bond acceptors (Lipinski definition) is 4. The zero-order chi connectivity index (χ0) is 15.5. The lowest BCUT2D eigenvalue weighted by Crippen LogP contribution is -2.28. The molecule has 0 radical (unpaired) electrons. The van der Waals surface area contributed by atoms with Crippen LogP contribution in [0.2, 0.25) is 0 Å². The zero-order valence-corrected chi connectivity index (χ0v) is 11.9. The molecule has 1 aromatic carbocycles. The van der Waals surface area contributed by atoms with Crippen molar-refractivity contribution in [3.8, 4) is 6.07 Å². The van der Waals surface area contributed by atoms with Crippen molar-refractivity contribution in [3.05, 3.63) is 47.4 Å². The van der Waals surface area contributed by atoms with Crippen LogP contribution in [0.4, 0.5) is 4.39 Å². The smallest absolute Gasteiger partial charge is 0.263 e. The summed E-state index contributed by atoms with van der Waals surface area (Å²) in [6.45, 7) is 1.23. The minimum Gasteiger partial charge on any atom is -0.389 e. The highest BCUT2D eigenvalue weighted by Gasteiger charge is 2.07. The third kappa shape index (κ3) is 6.54. The Hall–Kier alpha value is -2.39. The maximum Gasteiger partial charge on any atom is 0.263 e. The van der Waals surface area contributed by atoms with E-state index in [2.05, 4.69) is 10.6 Å². The van der Waals surface area contributed by atoms with Crippen molar-refractivity contribution in [1.82, 2.24) is 10.6 Å². The van der Waals surface area contributed by atoms with E-state index in [0.717, 1.165) is 5.56 Å². The third-order valence-electron chi connectivity index (χ3n) is 2.65. The van der Waals surface area contributed by atoms with Gasteiger partial charge in [-0.05, 0) is 24.1 Å². The van der Waals surface area contributed by atoms with Gasteiger partial charge in [-0.25, -0.2) is 4.39 Å². The summed E-state index contributed by atoms with van der Waals surface area (Å²) in [5.74, 6) is -0.730. The Bertz CT molecular complexity index is 538. The van der Waals surface area contributed by atoms with Gasteiger partial charge < -0.3 is 15.4 Å². The van der Waals surface area contributed by atoms with Crippen molar-refractivity contribution in [1.29, 1.82) is 5.26 Å². The van der Waals surface area contributed by atoms with Gasteiger partial charge in [-0.3, -0.25) is 4.79 Å². The Morgan fingerprint density at radius 2 is 2.29 bits per heavy atom. The predicted molar refractivity (Wildman–Crippen MR) is 76.7 cm³/mol. The molecule has 0 fully saturated rings. The van der Waals surface area contributed by atoms with Crippen LogP contribution >= 0.6 is 0 Å². The van der Waals surface area contributed by atoms with Gasteiger partial charge in [-0.15, -0.1) is 0 Å². The molecule has 1 aromatic rings. The lowest BCUT2D eigenvalue weighted by Gasteiger charge is -2.05. The summed E-state index contributed by atoms with van der Waals surface area (Å²) >= 11 is 0. The number of carbonyl (C=O) groups excluding carboxylic acids is 1. The molecule has 0 aliphatic carbocycles. The van der Waals surface area contributed by atoms with Gasteiger partial charge in [-0.2, -0.15) is 5.26 Å². The normalized spacial score (nSPS) is 10.8. The lowest BCUT2D eigenvalue weighted by atomic mass is 10.1. The van der Waals surface area contributed by atoms with E-state index in [9.17, 15) is 9.18 Å². The number of carbonyl (C=O) groups is 1. The average molecular weight is 291 g/mol. The summed E-state index contributed by atoms with van der Waals surface area (Å²) < 4.78 is 17.8. The van der Waals surface area contributed by atoms with E-state index in [4.69, 9.17) is 10.00 Å². The monoisotopic (exact) mass is 291 g/mol. The summed E-state index contributed by atoms with van der Waals surface area (Å²) in [6, 6.07) is 8.12. The minimum absolute atomic E-state index is 0.00894. The maximum absolute atomic E-state index is 13.0. The van der Waals surface area contributed by atoms with Crippen LogP contribution in [0.1, 0.15) is 5.56 Å². The Kier molecular flexibility index (Phi) is 7.54. The first-order chi connectivity index (χ1) is 10.2. The van der Waals surface area contributed by atoms with Gasteiger partial charge in [0.2, 0.25) is 0 Å². The number of amides is 1. The van der Waals surface area contributed by atoms with E-state index >= 15 is 0 Å². The first-order valence-electron chi connectivity index (χ1n) is 6.52. The number of nitriles is 1.